The molecule has 0 bridgehead atoms. The summed E-state index contributed by atoms with van der Waals surface area (Å²) in [6.45, 7) is 0.0944. The van der Waals surface area contributed by atoms with Gasteiger partial charge in [-0.15, -0.1) is 0 Å². The smallest absolute Gasteiger partial charge is 0.140 e. The zero-order valence-electron chi connectivity index (χ0n) is 16.9. The largest absolute Gasteiger partial charge is 0.495 e. The topological polar surface area (TPSA) is 68.4 Å². The molecule has 150 valence electrons. The van der Waals surface area contributed by atoms with Crippen LogP contribution in [0.2, 0.25) is 0 Å². The molecule has 0 spiro atoms. The van der Waals surface area contributed by atoms with E-state index < -0.39 is 0 Å². The molecule has 1 fully saturated rings. The first-order chi connectivity index (χ1) is 13.6. The molecule has 1 aromatic carbocycles. The number of pyridine rings is 1. The number of rotatable bonds is 6. The molecule has 4 heteroatoms. The Labute approximate surface area is 168 Å². The van der Waals surface area contributed by atoms with E-state index in [1.807, 2.05) is 18.3 Å². The standard InChI is InChI=1S/C24H32N2O2/c1-28-23-3-2-12-26-22(23)9-5-17-4-6-19-14-20(8-7-18(19)13-17)21-10-11-24(25,15-21)16-27/h2-3,7-8,12,14,17,21,27H,4-6,9-11,13,15-16,25H2,1H3/t17?,21-,24+/m0/s1. The number of aliphatic hydroxyl groups excluding tert-OH is 1. The number of ether oxygens (including phenoxy) is 1. The first kappa shape index (κ1) is 19.4. The summed E-state index contributed by atoms with van der Waals surface area (Å²) in [6, 6.07) is 11.0. The minimum absolute atomic E-state index is 0.0944. The van der Waals surface area contributed by atoms with Crippen molar-refractivity contribution in [2.24, 2.45) is 11.7 Å². The second-order valence-electron chi connectivity index (χ2n) is 8.79. The van der Waals surface area contributed by atoms with Gasteiger partial charge < -0.3 is 15.6 Å². The molecule has 0 aliphatic heterocycles. The van der Waals surface area contributed by atoms with Crippen molar-refractivity contribution in [3.63, 3.8) is 0 Å². The molecule has 0 saturated heterocycles. The summed E-state index contributed by atoms with van der Waals surface area (Å²) in [4.78, 5) is 4.50. The highest BCUT2D eigenvalue weighted by Gasteiger charge is 2.36. The van der Waals surface area contributed by atoms with Gasteiger partial charge in [0.15, 0.2) is 0 Å². The maximum absolute atomic E-state index is 9.54. The number of nitrogens with zero attached hydrogens (tertiary/aromatic N) is 1. The van der Waals surface area contributed by atoms with Crippen molar-refractivity contribution < 1.29 is 9.84 Å². The van der Waals surface area contributed by atoms with E-state index in [0.29, 0.717) is 11.8 Å². The third-order valence-corrected chi connectivity index (χ3v) is 6.85. The number of nitrogens with two attached hydrogens (primary N) is 1. The van der Waals surface area contributed by atoms with Crippen LogP contribution in [0.3, 0.4) is 0 Å². The number of fused-ring (bicyclic) bond motifs is 1. The number of aliphatic hydroxyl groups is 1. The van der Waals surface area contributed by atoms with Gasteiger partial charge in [0.25, 0.3) is 0 Å². The second kappa shape index (κ2) is 8.22. The Morgan fingerprint density at radius 2 is 2.14 bits per heavy atom. The quantitative estimate of drug-likeness (QED) is 0.800. The molecule has 3 atom stereocenters. The minimum atomic E-state index is -0.377. The van der Waals surface area contributed by atoms with E-state index in [2.05, 4.69) is 23.2 Å². The highest BCUT2D eigenvalue weighted by molar-refractivity contribution is 5.37. The number of benzene rings is 1. The third kappa shape index (κ3) is 4.08. The molecular formula is C24H32N2O2. The van der Waals surface area contributed by atoms with Crippen LogP contribution in [0.5, 0.6) is 5.75 Å². The van der Waals surface area contributed by atoms with Gasteiger partial charge >= 0.3 is 0 Å². The van der Waals surface area contributed by atoms with Crippen LogP contribution in [0.25, 0.3) is 0 Å². The number of aromatic nitrogens is 1. The summed E-state index contributed by atoms with van der Waals surface area (Å²) in [7, 11) is 1.72. The van der Waals surface area contributed by atoms with Gasteiger partial charge in [0, 0.05) is 11.7 Å². The van der Waals surface area contributed by atoms with E-state index in [-0.39, 0.29) is 12.1 Å². The van der Waals surface area contributed by atoms with Crippen molar-refractivity contribution in [1.29, 1.82) is 0 Å². The predicted octanol–water partition coefficient (Wildman–Crippen LogP) is 3.79. The summed E-state index contributed by atoms with van der Waals surface area (Å²) >= 11 is 0. The molecule has 4 rings (SSSR count). The number of hydrogen-bond acceptors (Lipinski definition) is 4. The zero-order chi connectivity index (χ0) is 19.6. The Kier molecular flexibility index (Phi) is 5.70. The van der Waals surface area contributed by atoms with E-state index in [1.165, 1.54) is 23.1 Å². The molecule has 2 aliphatic rings. The Morgan fingerprint density at radius 3 is 2.93 bits per heavy atom. The molecule has 1 unspecified atom stereocenters. The zero-order valence-corrected chi connectivity index (χ0v) is 16.9. The normalized spacial score (nSPS) is 26.8. The van der Waals surface area contributed by atoms with Crippen LogP contribution in [0.1, 0.15) is 60.4 Å². The first-order valence-corrected chi connectivity index (χ1v) is 10.6. The van der Waals surface area contributed by atoms with Gasteiger partial charge in [0.2, 0.25) is 0 Å². The van der Waals surface area contributed by atoms with Gasteiger partial charge in [-0.25, -0.2) is 0 Å². The Bertz CT molecular complexity index is 822. The average molecular weight is 381 g/mol. The monoisotopic (exact) mass is 380 g/mol. The Balaban J connectivity index is 1.38. The fraction of sp³-hybridized carbons (Fsp3) is 0.542. The average Bonchev–Trinajstić information content (AvgIpc) is 3.14. The van der Waals surface area contributed by atoms with Crippen LogP contribution >= 0.6 is 0 Å². The predicted molar refractivity (Wildman–Crippen MR) is 112 cm³/mol. The summed E-state index contributed by atoms with van der Waals surface area (Å²) in [6.07, 6.45) is 10.5. The molecule has 2 aromatic rings. The molecular weight excluding hydrogens is 348 g/mol. The van der Waals surface area contributed by atoms with Crippen molar-refractivity contribution in [3.8, 4) is 5.75 Å². The lowest BCUT2D eigenvalue weighted by Crippen LogP contribution is -2.40. The van der Waals surface area contributed by atoms with Crippen LogP contribution in [-0.2, 0) is 19.3 Å². The molecule has 2 aliphatic carbocycles. The highest BCUT2D eigenvalue weighted by atomic mass is 16.5. The lowest BCUT2D eigenvalue weighted by atomic mass is 9.79. The molecule has 0 amide bonds. The molecule has 3 N–H and O–H groups in total. The van der Waals surface area contributed by atoms with Gasteiger partial charge in [-0.05, 0) is 92.0 Å². The van der Waals surface area contributed by atoms with Gasteiger partial charge in [0.05, 0.1) is 19.4 Å². The summed E-state index contributed by atoms with van der Waals surface area (Å²) < 4.78 is 5.44. The van der Waals surface area contributed by atoms with E-state index in [4.69, 9.17) is 10.5 Å². The maximum Gasteiger partial charge on any atom is 0.140 e. The van der Waals surface area contributed by atoms with Crippen molar-refractivity contribution in [3.05, 3.63) is 58.9 Å². The molecule has 28 heavy (non-hydrogen) atoms. The van der Waals surface area contributed by atoms with Crippen molar-refractivity contribution in [2.45, 2.75) is 62.8 Å². The second-order valence-corrected chi connectivity index (χ2v) is 8.79. The fourth-order valence-corrected chi connectivity index (χ4v) is 5.07. The Morgan fingerprint density at radius 1 is 1.25 bits per heavy atom. The van der Waals surface area contributed by atoms with Gasteiger partial charge in [-0.1, -0.05) is 18.2 Å². The van der Waals surface area contributed by atoms with E-state index in [0.717, 1.165) is 56.4 Å². The van der Waals surface area contributed by atoms with Crippen LogP contribution in [0, 0.1) is 5.92 Å². The van der Waals surface area contributed by atoms with E-state index in [1.54, 1.807) is 7.11 Å². The number of hydrogen-bond donors (Lipinski definition) is 2. The van der Waals surface area contributed by atoms with Crippen LogP contribution in [-0.4, -0.2) is 29.3 Å². The van der Waals surface area contributed by atoms with Crippen LogP contribution in [0.15, 0.2) is 36.5 Å². The number of aryl methyl sites for hydroxylation is 2. The van der Waals surface area contributed by atoms with Gasteiger partial charge in [-0.3, -0.25) is 4.98 Å². The van der Waals surface area contributed by atoms with Crippen molar-refractivity contribution >= 4 is 0 Å². The molecule has 1 saturated carbocycles. The van der Waals surface area contributed by atoms with E-state index >= 15 is 0 Å². The molecule has 1 heterocycles. The molecule has 4 nitrogen and oxygen atoms in total. The maximum atomic E-state index is 9.54. The van der Waals surface area contributed by atoms with Crippen molar-refractivity contribution in [1.82, 2.24) is 4.98 Å². The fourth-order valence-electron chi connectivity index (χ4n) is 5.07. The lowest BCUT2D eigenvalue weighted by molar-refractivity contribution is 0.198. The lowest BCUT2D eigenvalue weighted by Gasteiger charge is -2.26. The first-order valence-electron chi connectivity index (χ1n) is 10.6. The minimum Gasteiger partial charge on any atom is -0.495 e. The van der Waals surface area contributed by atoms with Crippen LogP contribution in [0.4, 0.5) is 0 Å². The van der Waals surface area contributed by atoms with Gasteiger partial charge in [-0.2, -0.15) is 0 Å². The van der Waals surface area contributed by atoms with Crippen molar-refractivity contribution in [2.75, 3.05) is 13.7 Å². The van der Waals surface area contributed by atoms with E-state index in [9.17, 15) is 5.11 Å². The summed E-state index contributed by atoms with van der Waals surface area (Å²) in [5.41, 5.74) is 11.4. The highest BCUT2D eigenvalue weighted by Crippen LogP contribution is 2.41. The van der Waals surface area contributed by atoms with Crippen LogP contribution < -0.4 is 10.5 Å². The SMILES string of the molecule is COc1cccnc1CCC1CCc2cc([C@H]3CC[C@](N)(CO)C3)ccc2C1. The third-order valence-electron chi connectivity index (χ3n) is 6.85. The van der Waals surface area contributed by atoms with Gasteiger partial charge in [0.1, 0.15) is 5.75 Å². The Hall–Kier alpha value is -1.91. The summed E-state index contributed by atoms with van der Waals surface area (Å²) in [5, 5.41) is 9.54. The summed E-state index contributed by atoms with van der Waals surface area (Å²) in [5.74, 6) is 2.11. The molecule has 1 aromatic heterocycles. The number of methoxy groups -OCH3 is 1. The molecule has 0 radical (unpaired) electrons.